The zero-order chi connectivity index (χ0) is 10.7. The van der Waals surface area contributed by atoms with Crippen LogP contribution in [0.25, 0.3) is 0 Å². The molecule has 0 bridgehead atoms. The highest BCUT2D eigenvalue weighted by Gasteiger charge is 2.25. The molecule has 0 spiro atoms. The van der Waals surface area contributed by atoms with Gasteiger partial charge < -0.3 is 14.2 Å². The maximum Gasteiger partial charge on any atom is 0.342 e. The second-order valence-corrected chi connectivity index (χ2v) is 3.25. The number of para-hydroxylation sites is 1. The minimum absolute atomic E-state index is 0.0867. The summed E-state index contributed by atoms with van der Waals surface area (Å²) in [6.07, 6.45) is 0.0867. The fourth-order valence-electron chi connectivity index (χ4n) is 1.22. The molecule has 2 rings (SSSR count). The lowest BCUT2D eigenvalue weighted by atomic mass is 10.2. The number of rotatable bonds is 4. The lowest BCUT2D eigenvalue weighted by molar-refractivity contribution is 0.0473. The van der Waals surface area contributed by atoms with Crippen molar-refractivity contribution in [3.8, 4) is 5.75 Å². The quantitative estimate of drug-likeness (QED) is 0.552. The molecular formula is C11H12O4. The molecule has 0 N–H and O–H groups in total. The summed E-state index contributed by atoms with van der Waals surface area (Å²) in [5.41, 5.74) is 0.445. The van der Waals surface area contributed by atoms with Crippen LogP contribution >= 0.6 is 0 Å². The predicted molar refractivity (Wildman–Crippen MR) is 53.0 cm³/mol. The van der Waals surface area contributed by atoms with Crippen LogP contribution in [0.1, 0.15) is 10.4 Å². The van der Waals surface area contributed by atoms with E-state index in [1.165, 1.54) is 7.11 Å². The van der Waals surface area contributed by atoms with Crippen molar-refractivity contribution < 1.29 is 19.0 Å². The van der Waals surface area contributed by atoms with Crippen molar-refractivity contribution >= 4 is 5.97 Å². The monoisotopic (exact) mass is 208 g/mol. The smallest absolute Gasteiger partial charge is 0.342 e. The van der Waals surface area contributed by atoms with Crippen LogP contribution in [0.5, 0.6) is 5.75 Å². The van der Waals surface area contributed by atoms with Crippen LogP contribution < -0.4 is 4.74 Å². The summed E-state index contributed by atoms with van der Waals surface area (Å²) in [5.74, 6) is 0.155. The number of hydrogen-bond donors (Lipinski definition) is 0. The molecule has 1 atom stereocenters. The van der Waals surface area contributed by atoms with E-state index in [1.807, 2.05) is 0 Å². The van der Waals surface area contributed by atoms with E-state index in [0.29, 0.717) is 24.5 Å². The molecule has 1 aromatic carbocycles. The van der Waals surface area contributed by atoms with Crippen LogP contribution in [0.3, 0.4) is 0 Å². The summed E-state index contributed by atoms with van der Waals surface area (Å²) in [6.45, 7) is 0.996. The number of epoxide rings is 1. The van der Waals surface area contributed by atoms with Crippen molar-refractivity contribution in [1.82, 2.24) is 0 Å². The third-order valence-corrected chi connectivity index (χ3v) is 2.13. The van der Waals surface area contributed by atoms with Crippen molar-refractivity contribution in [3.63, 3.8) is 0 Å². The average Bonchev–Trinajstić information content (AvgIpc) is 3.09. The maximum absolute atomic E-state index is 11.6. The maximum atomic E-state index is 11.6. The molecule has 4 heteroatoms. The third kappa shape index (κ3) is 2.47. The largest absolute Gasteiger partial charge is 0.496 e. The Morgan fingerprint density at radius 2 is 2.27 bits per heavy atom. The Kier molecular flexibility index (Phi) is 2.87. The average molecular weight is 208 g/mol. The van der Waals surface area contributed by atoms with Gasteiger partial charge in [-0.2, -0.15) is 0 Å². The molecule has 1 unspecified atom stereocenters. The number of esters is 1. The molecule has 0 radical (unpaired) electrons. The number of ether oxygens (including phenoxy) is 3. The molecule has 1 aliphatic rings. The van der Waals surface area contributed by atoms with E-state index < -0.39 is 0 Å². The lowest BCUT2D eigenvalue weighted by Gasteiger charge is -2.07. The molecule has 0 amide bonds. The zero-order valence-corrected chi connectivity index (χ0v) is 8.43. The van der Waals surface area contributed by atoms with Gasteiger partial charge in [0.05, 0.1) is 13.7 Å². The first-order valence-electron chi connectivity index (χ1n) is 4.73. The Morgan fingerprint density at radius 1 is 1.53 bits per heavy atom. The van der Waals surface area contributed by atoms with Gasteiger partial charge in [0.1, 0.15) is 24.0 Å². The van der Waals surface area contributed by atoms with Crippen LogP contribution in [0.2, 0.25) is 0 Å². The Morgan fingerprint density at radius 3 is 2.93 bits per heavy atom. The number of methoxy groups -OCH3 is 1. The molecule has 15 heavy (non-hydrogen) atoms. The normalized spacial score (nSPS) is 18.3. The van der Waals surface area contributed by atoms with Crippen LogP contribution in [-0.4, -0.2) is 32.4 Å². The molecule has 1 aromatic rings. The summed E-state index contributed by atoms with van der Waals surface area (Å²) < 4.78 is 15.1. The van der Waals surface area contributed by atoms with Gasteiger partial charge in [-0.3, -0.25) is 0 Å². The highest BCUT2D eigenvalue weighted by Crippen LogP contribution is 2.19. The van der Waals surface area contributed by atoms with E-state index in [9.17, 15) is 4.79 Å². The first-order chi connectivity index (χ1) is 7.31. The van der Waals surface area contributed by atoms with Gasteiger partial charge in [-0.25, -0.2) is 4.79 Å². The topological polar surface area (TPSA) is 48.1 Å². The summed E-state index contributed by atoms with van der Waals surface area (Å²) in [5, 5.41) is 0. The van der Waals surface area contributed by atoms with E-state index in [2.05, 4.69) is 0 Å². The van der Waals surface area contributed by atoms with E-state index in [0.717, 1.165) is 0 Å². The minimum atomic E-state index is -0.372. The second-order valence-electron chi connectivity index (χ2n) is 3.25. The Bertz CT molecular complexity index is 357. The minimum Gasteiger partial charge on any atom is -0.496 e. The standard InChI is InChI=1S/C11H12O4/c1-13-10-5-3-2-4-9(10)11(12)15-7-8-6-14-8/h2-5,8H,6-7H2,1H3. The lowest BCUT2D eigenvalue weighted by Crippen LogP contribution is -2.11. The Hall–Kier alpha value is -1.55. The van der Waals surface area contributed by atoms with Crippen molar-refractivity contribution in [2.45, 2.75) is 6.10 Å². The van der Waals surface area contributed by atoms with Gasteiger partial charge >= 0.3 is 5.97 Å². The fraction of sp³-hybridized carbons (Fsp3) is 0.364. The van der Waals surface area contributed by atoms with E-state index in [1.54, 1.807) is 24.3 Å². The Labute approximate surface area is 87.8 Å². The van der Waals surface area contributed by atoms with Crippen LogP contribution in [0.15, 0.2) is 24.3 Å². The van der Waals surface area contributed by atoms with Crippen molar-refractivity contribution in [1.29, 1.82) is 0 Å². The summed E-state index contributed by atoms with van der Waals surface area (Å²) in [7, 11) is 1.52. The van der Waals surface area contributed by atoms with Gasteiger partial charge in [-0.15, -0.1) is 0 Å². The number of carbonyl (C=O) groups excluding carboxylic acids is 1. The summed E-state index contributed by atoms with van der Waals surface area (Å²) in [6, 6.07) is 6.98. The summed E-state index contributed by atoms with van der Waals surface area (Å²) >= 11 is 0. The molecule has 0 saturated carbocycles. The first-order valence-corrected chi connectivity index (χ1v) is 4.73. The van der Waals surface area contributed by atoms with Gasteiger partial charge in [-0.1, -0.05) is 12.1 Å². The number of carbonyl (C=O) groups is 1. The van der Waals surface area contributed by atoms with Gasteiger partial charge in [0.2, 0.25) is 0 Å². The highest BCUT2D eigenvalue weighted by molar-refractivity contribution is 5.92. The predicted octanol–water partition coefficient (Wildman–Crippen LogP) is 1.25. The van der Waals surface area contributed by atoms with Crippen LogP contribution in [-0.2, 0) is 9.47 Å². The van der Waals surface area contributed by atoms with Gasteiger partial charge in [0.25, 0.3) is 0 Å². The SMILES string of the molecule is COc1ccccc1C(=O)OCC1CO1. The molecule has 1 heterocycles. The van der Waals surface area contributed by atoms with Gasteiger partial charge in [0, 0.05) is 0 Å². The molecule has 0 aromatic heterocycles. The summed E-state index contributed by atoms with van der Waals surface area (Å²) in [4.78, 5) is 11.6. The highest BCUT2D eigenvalue weighted by atomic mass is 16.6. The zero-order valence-electron chi connectivity index (χ0n) is 8.43. The van der Waals surface area contributed by atoms with Crippen LogP contribution in [0.4, 0.5) is 0 Å². The molecule has 1 saturated heterocycles. The van der Waals surface area contributed by atoms with Crippen LogP contribution in [0, 0.1) is 0 Å². The molecule has 4 nitrogen and oxygen atoms in total. The molecule has 1 fully saturated rings. The molecule has 80 valence electrons. The van der Waals surface area contributed by atoms with E-state index >= 15 is 0 Å². The van der Waals surface area contributed by atoms with Crippen molar-refractivity contribution in [3.05, 3.63) is 29.8 Å². The van der Waals surface area contributed by atoms with Gasteiger partial charge in [-0.05, 0) is 12.1 Å². The molecule has 1 aliphatic heterocycles. The second kappa shape index (κ2) is 4.31. The first kappa shape index (κ1) is 9.98. The fourth-order valence-corrected chi connectivity index (χ4v) is 1.22. The number of hydrogen-bond acceptors (Lipinski definition) is 4. The molecular weight excluding hydrogens is 196 g/mol. The number of benzene rings is 1. The van der Waals surface area contributed by atoms with Gasteiger partial charge in [0.15, 0.2) is 0 Å². The van der Waals surface area contributed by atoms with E-state index in [-0.39, 0.29) is 12.1 Å². The molecule has 0 aliphatic carbocycles. The van der Waals surface area contributed by atoms with Crippen molar-refractivity contribution in [2.24, 2.45) is 0 Å². The Balaban J connectivity index is 2.02. The third-order valence-electron chi connectivity index (χ3n) is 2.13. The van der Waals surface area contributed by atoms with E-state index in [4.69, 9.17) is 14.2 Å². The van der Waals surface area contributed by atoms with Crippen molar-refractivity contribution in [2.75, 3.05) is 20.3 Å².